The average molecular weight is 380 g/mol. The van der Waals surface area contributed by atoms with Gasteiger partial charge >= 0.3 is 5.97 Å². The van der Waals surface area contributed by atoms with Crippen molar-refractivity contribution in [3.8, 4) is 5.75 Å². The standard InChI is InChI=1S/C23H28N2O3/c1-15-21(26)20(22(27)28-23(2,3)4)25-19(24-15)14-16-10-12-18(13-11-16)17-8-6-5-7-9-17/h5-10,18,26H,11-14H2,1-4H3. The minimum atomic E-state index is -0.652. The molecule has 1 aromatic heterocycles. The van der Waals surface area contributed by atoms with Crippen LogP contribution in [0.5, 0.6) is 5.75 Å². The van der Waals surface area contributed by atoms with Gasteiger partial charge in [-0.25, -0.2) is 14.8 Å². The average Bonchev–Trinajstić information content (AvgIpc) is 2.64. The topological polar surface area (TPSA) is 72.3 Å². The maximum absolute atomic E-state index is 12.4. The molecular weight excluding hydrogens is 352 g/mol. The molecule has 5 nitrogen and oxygen atoms in total. The summed E-state index contributed by atoms with van der Waals surface area (Å²) in [5.41, 5.74) is 2.33. The Morgan fingerprint density at radius 3 is 2.54 bits per heavy atom. The second-order valence-corrected chi connectivity index (χ2v) is 8.35. The number of ether oxygens (including phenoxy) is 1. The minimum Gasteiger partial charge on any atom is -0.504 e. The summed E-state index contributed by atoms with van der Waals surface area (Å²) in [6, 6.07) is 10.6. The van der Waals surface area contributed by atoms with Gasteiger partial charge in [-0.3, -0.25) is 0 Å². The summed E-state index contributed by atoms with van der Waals surface area (Å²) in [5, 5.41) is 10.2. The fourth-order valence-electron chi connectivity index (χ4n) is 3.45. The van der Waals surface area contributed by atoms with E-state index < -0.39 is 11.6 Å². The van der Waals surface area contributed by atoms with Crippen molar-refractivity contribution in [2.75, 3.05) is 0 Å². The van der Waals surface area contributed by atoms with E-state index in [9.17, 15) is 9.90 Å². The van der Waals surface area contributed by atoms with E-state index in [0.717, 1.165) is 19.3 Å². The van der Waals surface area contributed by atoms with Crippen LogP contribution in [0.2, 0.25) is 0 Å². The molecule has 0 amide bonds. The Bertz CT molecular complexity index is 883. The molecule has 1 atom stereocenters. The third-order valence-corrected chi connectivity index (χ3v) is 4.86. The van der Waals surface area contributed by atoms with E-state index in [2.05, 4.69) is 40.3 Å². The number of carbonyl (C=O) groups excluding carboxylic acids is 1. The maximum Gasteiger partial charge on any atom is 0.361 e. The van der Waals surface area contributed by atoms with Crippen molar-refractivity contribution in [2.24, 2.45) is 0 Å². The number of aromatic nitrogens is 2. The summed E-state index contributed by atoms with van der Waals surface area (Å²) in [4.78, 5) is 21.1. The Labute approximate surface area is 166 Å². The molecule has 0 saturated carbocycles. The maximum atomic E-state index is 12.4. The normalized spacial score (nSPS) is 17.1. The van der Waals surface area contributed by atoms with E-state index in [1.807, 2.05) is 6.07 Å². The van der Waals surface area contributed by atoms with Crippen LogP contribution in [-0.4, -0.2) is 26.6 Å². The van der Waals surface area contributed by atoms with E-state index in [4.69, 9.17) is 4.74 Å². The van der Waals surface area contributed by atoms with Gasteiger partial charge in [-0.05, 0) is 58.4 Å². The molecule has 2 aromatic rings. The zero-order valence-corrected chi connectivity index (χ0v) is 17.0. The number of rotatable bonds is 4. The summed E-state index contributed by atoms with van der Waals surface area (Å²) in [7, 11) is 0. The highest BCUT2D eigenvalue weighted by Crippen LogP contribution is 2.33. The lowest BCUT2D eigenvalue weighted by Crippen LogP contribution is -2.25. The summed E-state index contributed by atoms with van der Waals surface area (Å²) >= 11 is 0. The number of hydrogen-bond acceptors (Lipinski definition) is 5. The molecule has 148 valence electrons. The van der Waals surface area contributed by atoms with Crippen LogP contribution in [0.3, 0.4) is 0 Å². The van der Waals surface area contributed by atoms with E-state index in [1.165, 1.54) is 11.1 Å². The molecule has 1 aliphatic rings. The molecule has 0 aliphatic heterocycles. The molecule has 1 unspecified atom stereocenters. The summed E-state index contributed by atoms with van der Waals surface area (Å²) in [5.74, 6) is 0.253. The Balaban J connectivity index is 1.74. The fourth-order valence-corrected chi connectivity index (χ4v) is 3.45. The third kappa shape index (κ3) is 4.97. The molecular formula is C23H28N2O3. The number of allylic oxidation sites excluding steroid dienone is 2. The molecule has 1 heterocycles. The number of hydrogen-bond donors (Lipinski definition) is 1. The van der Waals surface area contributed by atoms with E-state index in [1.54, 1.807) is 27.7 Å². The monoisotopic (exact) mass is 380 g/mol. The number of aromatic hydroxyl groups is 1. The molecule has 0 bridgehead atoms. The molecule has 0 spiro atoms. The summed E-state index contributed by atoms with van der Waals surface area (Å²) < 4.78 is 5.36. The van der Waals surface area contributed by atoms with Gasteiger partial charge in [0.25, 0.3) is 0 Å². The van der Waals surface area contributed by atoms with Crippen LogP contribution in [0.4, 0.5) is 0 Å². The lowest BCUT2D eigenvalue weighted by Gasteiger charge is -2.22. The van der Waals surface area contributed by atoms with Crippen LogP contribution in [0.25, 0.3) is 0 Å². The minimum absolute atomic E-state index is 0.0593. The van der Waals surface area contributed by atoms with Crippen molar-refractivity contribution in [3.05, 3.63) is 64.8 Å². The molecule has 0 fully saturated rings. The quantitative estimate of drug-likeness (QED) is 0.604. The second-order valence-electron chi connectivity index (χ2n) is 8.35. The predicted octanol–water partition coefficient (Wildman–Crippen LogP) is 4.88. The Morgan fingerprint density at radius 1 is 1.21 bits per heavy atom. The van der Waals surface area contributed by atoms with Crippen LogP contribution >= 0.6 is 0 Å². The number of esters is 1. The first-order valence-electron chi connectivity index (χ1n) is 9.75. The first-order valence-corrected chi connectivity index (χ1v) is 9.75. The van der Waals surface area contributed by atoms with Crippen molar-refractivity contribution in [3.63, 3.8) is 0 Å². The van der Waals surface area contributed by atoms with E-state index >= 15 is 0 Å². The highest BCUT2D eigenvalue weighted by Gasteiger charge is 2.25. The van der Waals surface area contributed by atoms with Crippen molar-refractivity contribution < 1.29 is 14.6 Å². The van der Waals surface area contributed by atoms with Crippen molar-refractivity contribution >= 4 is 5.97 Å². The summed E-state index contributed by atoms with van der Waals surface area (Å²) in [6.07, 6.45) is 5.91. The molecule has 0 radical (unpaired) electrons. The van der Waals surface area contributed by atoms with Gasteiger partial charge in [0.15, 0.2) is 11.4 Å². The van der Waals surface area contributed by atoms with Crippen LogP contribution in [-0.2, 0) is 11.2 Å². The second kappa shape index (κ2) is 8.13. The van der Waals surface area contributed by atoms with E-state index in [0.29, 0.717) is 23.9 Å². The fraction of sp³-hybridized carbons (Fsp3) is 0.435. The van der Waals surface area contributed by atoms with Crippen LogP contribution in [0, 0.1) is 6.92 Å². The number of nitrogens with zero attached hydrogens (tertiary/aromatic N) is 2. The molecule has 1 aliphatic carbocycles. The number of benzene rings is 1. The van der Waals surface area contributed by atoms with Gasteiger partial charge in [0.1, 0.15) is 11.4 Å². The Morgan fingerprint density at radius 2 is 1.93 bits per heavy atom. The molecule has 1 N–H and O–H groups in total. The first-order chi connectivity index (χ1) is 13.2. The van der Waals surface area contributed by atoms with Crippen LogP contribution in [0.1, 0.15) is 73.5 Å². The van der Waals surface area contributed by atoms with Crippen molar-refractivity contribution in [1.29, 1.82) is 0 Å². The predicted molar refractivity (Wildman–Crippen MR) is 108 cm³/mol. The van der Waals surface area contributed by atoms with Gasteiger partial charge in [0.2, 0.25) is 0 Å². The van der Waals surface area contributed by atoms with Gasteiger partial charge in [-0.2, -0.15) is 0 Å². The molecule has 1 aromatic carbocycles. The van der Waals surface area contributed by atoms with E-state index in [-0.39, 0.29) is 11.4 Å². The number of carbonyl (C=O) groups is 1. The van der Waals surface area contributed by atoms with Crippen molar-refractivity contribution in [2.45, 2.75) is 64.9 Å². The summed E-state index contributed by atoms with van der Waals surface area (Å²) in [6.45, 7) is 7.03. The number of aryl methyl sites for hydroxylation is 1. The zero-order valence-electron chi connectivity index (χ0n) is 17.0. The molecule has 3 rings (SSSR count). The highest BCUT2D eigenvalue weighted by molar-refractivity contribution is 5.90. The van der Waals surface area contributed by atoms with Crippen molar-refractivity contribution in [1.82, 2.24) is 9.97 Å². The smallest absolute Gasteiger partial charge is 0.361 e. The molecule has 5 heteroatoms. The van der Waals surface area contributed by atoms with Gasteiger partial charge in [0, 0.05) is 6.42 Å². The Hall–Kier alpha value is -2.69. The molecule has 28 heavy (non-hydrogen) atoms. The Kier molecular flexibility index (Phi) is 5.82. The molecule has 0 saturated heterocycles. The zero-order chi connectivity index (χ0) is 20.3. The van der Waals surface area contributed by atoms with Gasteiger partial charge in [-0.15, -0.1) is 0 Å². The van der Waals surface area contributed by atoms with Gasteiger partial charge in [-0.1, -0.05) is 42.0 Å². The lowest BCUT2D eigenvalue weighted by molar-refractivity contribution is 0.00589. The SMILES string of the molecule is Cc1nc(CC2=CCC(c3ccccc3)CC2)nc(C(=O)OC(C)(C)C)c1O. The highest BCUT2D eigenvalue weighted by atomic mass is 16.6. The van der Waals surface area contributed by atoms with Gasteiger partial charge < -0.3 is 9.84 Å². The van der Waals surface area contributed by atoms with Crippen LogP contribution in [0.15, 0.2) is 42.0 Å². The van der Waals surface area contributed by atoms with Gasteiger partial charge in [0.05, 0.1) is 5.69 Å². The first kappa shape index (κ1) is 20.1. The lowest BCUT2D eigenvalue weighted by atomic mass is 9.84. The van der Waals surface area contributed by atoms with Crippen LogP contribution < -0.4 is 0 Å². The third-order valence-electron chi connectivity index (χ3n) is 4.86. The largest absolute Gasteiger partial charge is 0.504 e.